The average molecular weight is 1150 g/mol. The van der Waals surface area contributed by atoms with Crippen molar-refractivity contribution in [3.05, 3.63) is 122 Å². The van der Waals surface area contributed by atoms with E-state index in [-0.39, 0.29) is 31.1 Å². The summed E-state index contributed by atoms with van der Waals surface area (Å²) >= 11 is 0. The van der Waals surface area contributed by atoms with Crippen LogP contribution in [0.25, 0.3) is 0 Å². The van der Waals surface area contributed by atoms with Crippen LogP contribution in [0.15, 0.2) is 122 Å². The van der Waals surface area contributed by atoms with Crippen molar-refractivity contribution in [2.45, 2.75) is 335 Å². The molecule has 0 amide bonds. The highest BCUT2D eigenvalue weighted by molar-refractivity contribution is 5.71. The highest BCUT2D eigenvalue weighted by Crippen LogP contribution is 2.17. The summed E-state index contributed by atoms with van der Waals surface area (Å²) in [6, 6.07) is 0. The fourth-order valence-electron chi connectivity index (χ4n) is 9.75. The molecule has 474 valence electrons. The minimum absolute atomic E-state index is 0.0891. The predicted molar refractivity (Wildman–Crippen MR) is 362 cm³/mol. The van der Waals surface area contributed by atoms with Crippen LogP contribution in [-0.4, -0.2) is 37.2 Å². The van der Waals surface area contributed by atoms with Crippen molar-refractivity contribution < 1.29 is 28.6 Å². The van der Waals surface area contributed by atoms with Gasteiger partial charge < -0.3 is 14.2 Å². The second-order valence-corrected chi connectivity index (χ2v) is 23.0. The third-order valence-electron chi connectivity index (χ3n) is 14.9. The van der Waals surface area contributed by atoms with Gasteiger partial charge in [0.15, 0.2) is 6.10 Å². The summed E-state index contributed by atoms with van der Waals surface area (Å²) < 4.78 is 16.9. The Morgan fingerprint density at radius 3 is 0.747 bits per heavy atom. The smallest absolute Gasteiger partial charge is 0.306 e. The van der Waals surface area contributed by atoms with Gasteiger partial charge in [0.2, 0.25) is 0 Å². The number of unbranched alkanes of at least 4 members (excludes halogenated alkanes) is 32. The fourth-order valence-corrected chi connectivity index (χ4v) is 9.75. The van der Waals surface area contributed by atoms with Crippen LogP contribution in [0.4, 0.5) is 0 Å². The Balaban J connectivity index is 4.17. The Kier molecular flexibility index (Phi) is 66.7. The molecular weight excluding hydrogens is 1020 g/mol. The fraction of sp³-hybridized carbons (Fsp3) is 0.701. The second kappa shape index (κ2) is 70.3. The molecule has 0 saturated carbocycles. The molecule has 83 heavy (non-hydrogen) atoms. The van der Waals surface area contributed by atoms with Crippen LogP contribution in [0.2, 0.25) is 0 Å². The van der Waals surface area contributed by atoms with Crippen molar-refractivity contribution in [3.63, 3.8) is 0 Å². The lowest BCUT2D eigenvalue weighted by molar-refractivity contribution is -0.167. The van der Waals surface area contributed by atoms with Gasteiger partial charge >= 0.3 is 17.9 Å². The molecule has 0 aliphatic carbocycles. The SMILES string of the molecule is CC/C=C\C/C=C\C/C=C\C/C=C\C/C=C\CCCCCCCCCCCCCCCCCCCCCC(=O)OCC(COC(=O)CCCCCCC/C=C\CCCCCC)OC(=O)CCCCCC/C=C\C/C=C\C/C=C\C/C=C\CC. The highest BCUT2D eigenvalue weighted by atomic mass is 16.6. The highest BCUT2D eigenvalue weighted by Gasteiger charge is 2.19. The van der Waals surface area contributed by atoms with Gasteiger partial charge in [0.25, 0.3) is 0 Å². The molecule has 0 aromatic carbocycles. The lowest BCUT2D eigenvalue weighted by atomic mass is 10.0. The van der Waals surface area contributed by atoms with E-state index in [4.69, 9.17) is 14.2 Å². The zero-order valence-electron chi connectivity index (χ0n) is 54.4. The van der Waals surface area contributed by atoms with Gasteiger partial charge in [0.05, 0.1) is 0 Å². The molecule has 0 spiro atoms. The molecule has 0 aromatic rings. The maximum absolute atomic E-state index is 12.9. The van der Waals surface area contributed by atoms with E-state index in [1.165, 1.54) is 154 Å². The lowest BCUT2D eigenvalue weighted by Crippen LogP contribution is -2.30. The molecule has 0 saturated heterocycles. The first-order valence-corrected chi connectivity index (χ1v) is 35.0. The molecule has 0 rings (SSSR count). The first-order valence-electron chi connectivity index (χ1n) is 35.0. The third-order valence-corrected chi connectivity index (χ3v) is 14.9. The molecule has 0 bridgehead atoms. The second-order valence-electron chi connectivity index (χ2n) is 23.0. The van der Waals surface area contributed by atoms with Crippen molar-refractivity contribution in [1.29, 1.82) is 0 Å². The van der Waals surface area contributed by atoms with E-state index < -0.39 is 6.10 Å². The lowest BCUT2D eigenvalue weighted by Gasteiger charge is -2.18. The van der Waals surface area contributed by atoms with E-state index in [9.17, 15) is 14.4 Å². The molecule has 1 atom stereocenters. The van der Waals surface area contributed by atoms with Gasteiger partial charge in [0.1, 0.15) is 13.2 Å². The molecule has 0 aromatic heterocycles. The summed E-state index contributed by atoms with van der Waals surface area (Å²) in [5.41, 5.74) is 0. The van der Waals surface area contributed by atoms with E-state index in [2.05, 4.69) is 142 Å². The molecule has 0 heterocycles. The molecule has 6 heteroatoms. The quantitative estimate of drug-likeness (QED) is 0.0261. The van der Waals surface area contributed by atoms with Crippen LogP contribution in [0, 0.1) is 0 Å². The van der Waals surface area contributed by atoms with Crippen LogP contribution >= 0.6 is 0 Å². The standard InChI is InChI=1S/C77H130O6/c1-4-7-10-13-16-19-22-25-27-29-30-31-32-33-34-35-36-37-38-39-40-41-42-43-44-45-46-48-49-52-55-58-61-64-67-70-76(79)82-73-74(72-81-75(78)69-66-63-60-57-54-51-24-21-18-15-12-9-6-3)83-77(80)71-68-65-62-59-56-53-50-47-28-26-23-20-17-14-11-8-5-2/h7-8,10-11,16-17,19-21,24-28,30-31,33-34,50,53,74H,4-6,9,12-15,18,22-23,29,32,35-49,51-52,54-73H2,1-3H3/b10-7-,11-8-,19-16-,20-17-,24-21-,27-25-,28-26-,31-30-,34-33-,53-50-. The minimum Gasteiger partial charge on any atom is -0.462 e. The van der Waals surface area contributed by atoms with Gasteiger partial charge in [-0.1, -0.05) is 303 Å². The molecule has 0 aliphatic heterocycles. The Morgan fingerprint density at radius 1 is 0.253 bits per heavy atom. The summed E-state index contributed by atoms with van der Waals surface area (Å²) in [4.78, 5) is 38.3. The van der Waals surface area contributed by atoms with E-state index in [1.807, 2.05) is 0 Å². The van der Waals surface area contributed by atoms with Crippen molar-refractivity contribution in [3.8, 4) is 0 Å². The van der Waals surface area contributed by atoms with Crippen LogP contribution < -0.4 is 0 Å². The number of hydrogen-bond acceptors (Lipinski definition) is 6. The number of carbonyl (C=O) groups is 3. The van der Waals surface area contributed by atoms with Gasteiger partial charge in [-0.25, -0.2) is 0 Å². The van der Waals surface area contributed by atoms with Gasteiger partial charge in [-0.15, -0.1) is 0 Å². The van der Waals surface area contributed by atoms with Crippen LogP contribution in [0.3, 0.4) is 0 Å². The van der Waals surface area contributed by atoms with Gasteiger partial charge in [-0.05, 0) is 128 Å². The number of carbonyl (C=O) groups excluding carboxylic acids is 3. The zero-order valence-corrected chi connectivity index (χ0v) is 54.4. The Hall–Kier alpha value is -4.19. The molecule has 6 nitrogen and oxygen atoms in total. The predicted octanol–water partition coefficient (Wildman–Crippen LogP) is 24.3. The number of hydrogen-bond donors (Lipinski definition) is 0. The number of allylic oxidation sites excluding steroid dienone is 20. The van der Waals surface area contributed by atoms with Crippen molar-refractivity contribution in [2.75, 3.05) is 13.2 Å². The zero-order chi connectivity index (χ0) is 59.9. The van der Waals surface area contributed by atoms with E-state index in [1.54, 1.807) is 0 Å². The van der Waals surface area contributed by atoms with Gasteiger partial charge in [-0.2, -0.15) is 0 Å². The molecule has 0 N–H and O–H groups in total. The Morgan fingerprint density at radius 2 is 0.470 bits per heavy atom. The minimum atomic E-state index is -0.796. The van der Waals surface area contributed by atoms with E-state index in [0.717, 1.165) is 135 Å². The number of esters is 3. The molecular formula is C77H130O6. The molecule has 0 radical (unpaired) electrons. The maximum Gasteiger partial charge on any atom is 0.306 e. The van der Waals surface area contributed by atoms with Gasteiger partial charge in [-0.3, -0.25) is 14.4 Å². The Bertz CT molecular complexity index is 1700. The average Bonchev–Trinajstić information content (AvgIpc) is 3.49. The first-order chi connectivity index (χ1) is 41.0. The largest absolute Gasteiger partial charge is 0.462 e. The number of rotatable bonds is 63. The molecule has 0 fully saturated rings. The van der Waals surface area contributed by atoms with Crippen LogP contribution in [0.1, 0.15) is 329 Å². The molecule has 0 aliphatic rings. The maximum atomic E-state index is 12.9. The van der Waals surface area contributed by atoms with Crippen molar-refractivity contribution >= 4 is 17.9 Å². The molecule has 1 unspecified atom stereocenters. The summed E-state index contributed by atoms with van der Waals surface area (Å²) in [5.74, 6) is -0.911. The third kappa shape index (κ3) is 68.5. The van der Waals surface area contributed by atoms with Crippen molar-refractivity contribution in [1.82, 2.24) is 0 Å². The summed E-state index contributed by atoms with van der Waals surface area (Å²) in [6.45, 7) is 6.39. The normalized spacial score (nSPS) is 12.9. The van der Waals surface area contributed by atoms with Crippen LogP contribution in [-0.2, 0) is 28.6 Å². The van der Waals surface area contributed by atoms with E-state index >= 15 is 0 Å². The summed E-state index contributed by atoms with van der Waals surface area (Å²) in [7, 11) is 0. The Labute approximate surface area is 513 Å². The van der Waals surface area contributed by atoms with Crippen molar-refractivity contribution in [2.24, 2.45) is 0 Å². The number of ether oxygens (including phenoxy) is 3. The van der Waals surface area contributed by atoms with Crippen LogP contribution in [0.5, 0.6) is 0 Å². The monoisotopic (exact) mass is 1150 g/mol. The topological polar surface area (TPSA) is 78.9 Å². The van der Waals surface area contributed by atoms with E-state index in [0.29, 0.717) is 19.3 Å². The van der Waals surface area contributed by atoms with Gasteiger partial charge in [0, 0.05) is 19.3 Å². The summed E-state index contributed by atoms with van der Waals surface area (Å²) in [5, 5.41) is 0. The summed E-state index contributed by atoms with van der Waals surface area (Å²) in [6.07, 6.45) is 98.1. The first kappa shape index (κ1) is 78.8.